The maximum absolute atomic E-state index is 14.1. The van der Waals surface area contributed by atoms with Crippen molar-refractivity contribution in [2.75, 3.05) is 38.2 Å². The minimum absolute atomic E-state index is 0.0187. The average molecular weight is 400 g/mol. The largest absolute Gasteiger partial charge is 0.493 e. The van der Waals surface area contributed by atoms with E-state index in [0.717, 1.165) is 43.9 Å². The summed E-state index contributed by atoms with van der Waals surface area (Å²) in [6, 6.07) is 6.41. The van der Waals surface area contributed by atoms with Gasteiger partial charge in [-0.1, -0.05) is 0 Å². The van der Waals surface area contributed by atoms with Gasteiger partial charge in [0, 0.05) is 49.9 Å². The average Bonchev–Trinajstić information content (AvgIpc) is 3.37. The molecule has 0 aliphatic carbocycles. The second-order valence-corrected chi connectivity index (χ2v) is 8.18. The molecular formula is C21H25FN4O3. The molecule has 1 aromatic heterocycles. The minimum atomic E-state index is -0.274. The Kier molecular flexibility index (Phi) is 4.97. The second-order valence-electron chi connectivity index (χ2n) is 8.18. The van der Waals surface area contributed by atoms with E-state index in [9.17, 15) is 9.18 Å². The van der Waals surface area contributed by atoms with Gasteiger partial charge in [-0.15, -0.1) is 0 Å². The maximum Gasteiger partial charge on any atom is 0.230 e. The van der Waals surface area contributed by atoms with Crippen LogP contribution in [0.1, 0.15) is 24.4 Å². The standard InChI is InChI=1S/C21H25FN4O3/c22-14-1-2-18-15(9-14)20-17(12-29-18)16(21(27)24-19-3-6-23-25-19)11-26(20)10-13-4-7-28-8-5-13/h1-3,6,9,13,16-17,20H,4-5,7-8,10-12H2,(H2,23,24,25,27)/t16-,17+,20+/m1/s1. The van der Waals surface area contributed by atoms with E-state index < -0.39 is 0 Å². The number of rotatable bonds is 4. The van der Waals surface area contributed by atoms with E-state index in [0.29, 0.717) is 24.9 Å². The van der Waals surface area contributed by atoms with Crippen LogP contribution in [0, 0.1) is 23.6 Å². The van der Waals surface area contributed by atoms with Crippen molar-refractivity contribution in [2.24, 2.45) is 17.8 Å². The van der Waals surface area contributed by atoms with E-state index in [4.69, 9.17) is 9.47 Å². The van der Waals surface area contributed by atoms with E-state index in [1.54, 1.807) is 24.4 Å². The van der Waals surface area contributed by atoms with Gasteiger partial charge in [0.2, 0.25) is 5.91 Å². The molecule has 0 saturated carbocycles. The molecule has 7 nitrogen and oxygen atoms in total. The number of H-pyrrole nitrogens is 1. The Morgan fingerprint density at radius 1 is 1.31 bits per heavy atom. The van der Waals surface area contributed by atoms with Gasteiger partial charge in [0.25, 0.3) is 0 Å². The normalized spacial score (nSPS) is 27.1. The summed E-state index contributed by atoms with van der Waals surface area (Å²) < 4.78 is 25.5. The van der Waals surface area contributed by atoms with Crippen molar-refractivity contribution in [1.29, 1.82) is 0 Å². The molecule has 2 aromatic rings. The molecule has 0 radical (unpaired) electrons. The highest BCUT2D eigenvalue weighted by Gasteiger charge is 2.49. The number of nitrogens with zero attached hydrogens (tertiary/aromatic N) is 2. The molecule has 154 valence electrons. The van der Waals surface area contributed by atoms with Crippen molar-refractivity contribution in [3.8, 4) is 5.75 Å². The second kappa shape index (κ2) is 7.76. The summed E-state index contributed by atoms with van der Waals surface area (Å²) in [5.74, 6) is 1.24. The van der Waals surface area contributed by atoms with Crippen molar-refractivity contribution in [3.05, 3.63) is 41.8 Å². The zero-order valence-corrected chi connectivity index (χ0v) is 16.1. The molecule has 29 heavy (non-hydrogen) atoms. The van der Waals surface area contributed by atoms with Crippen molar-refractivity contribution in [3.63, 3.8) is 0 Å². The van der Waals surface area contributed by atoms with Crippen LogP contribution >= 0.6 is 0 Å². The van der Waals surface area contributed by atoms with Gasteiger partial charge < -0.3 is 14.8 Å². The Labute approximate surface area is 168 Å². The molecule has 3 aliphatic rings. The monoisotopic (exact) mass is 400 g/mol. The molecule has 0 spiro atoms. The first-order valence-corrected chi connectivity index (χ1v) is 10.2. The third-order valence-corrected chi connectivity index (χ3v) is 6.40. The van der Waals surface area contributed by atoms with Crippen LogP contribution in [0.2, 0.25) is 0 Å². The predicted molar refractivity (Wildman–Crippen MR) is 104 cm³/mol. The van der Waals surface area contributed by atoms with Crippen LogP contribution in [-0.4, -0.2) is 53.9 Å². The summed E-state index contributed by atoms with van der Waals surface area (Å²) >= 11 is 0. The summed E-state index contributed by atoms with van der Waals surface area (Å²) in [7, 11) is 0. The van der Waals surface area contributed by atoms with Crippen LogP contribution in [-0.2, 0) is 9.53 Å². The fourth-order valence-corrected chi connectivity index (χ4v) is 4.97. The maximum atomic E-state index is 14.1. The minimum Gasteiger partial charge on any atom is -0.493 e. The SMILES string of the molecule is O=C(Nc1ccn[nH]1)[C@@H]1CN(CC2CCOCC2)[C@H]2c3cc(F)ccc3OC[C@@H]12. The molecule has 3 atom stereocenters. The van der Waals surface area contributed by atoms with E-state index in [2.05, 4.69) is 20.4 Å². The number of fused-ring (bicyclic) bond motifs is 3. The van der Waals surface area contributed by atoms with E-state index in [-0.39, 0.29) is 29.6 Å². The molecule has 1 aromatic carbocycles. The summed E-state index contributed by atoms with van der Waals surface area (Å²) in [4.78, 5) is 15.4. The summed E-state index contributed by atoms with van der Waals surface area (Å²) in [5, 5.41) is 9.58. The van der Waals surface area contributed by atoms with Crippen LogP contribution < -0.4 is 10.1 Å². The highest BCUT2D eigenvalue weighted by Crippen LogP contribution is 2.48. The number of hydrogen-bond acceptors (Lipinski definition) is 5. The molecule has 2 saturated heterocycles. The number of nitrogens with one attached hydrogen (secondary N) is 2. The summed E-state index contributed by atoms with van der Waals surface area (Å²) in [6.45, 7) is 3.53. The molecule has 0 bridgehead atoms. The van der Waals surface area contributed by atoms with Crippen molar-refractivity contribution < 1.29 is 18.7 Å². The Balaban J connectivity index is 1.42. The first-order chi connectivity index (χ1) is 14.2. The van der Waals surface area contributed by atoms with Crippen molar-refractivity contribution in [1.82, 2.24) is 15.1 Å². The highest BCUT2D eigenvalue weighted by atomic mass is 19.1. The molecule has 3 aliphatic heterocycles. The number of aromatic nitrogens is 2. The zero-order valence-electron chi connectivity index (χ0n) is 16.1. The number of ether oxygens (including phenoxy) is 2. The van der Waals surface area contributed by atoms with Gasteiger partial charge in [-0.3, -0.25) is 14.8 Å². The Morgan fingerprint density at radius 2 is 2.17 bits per heavy atom. The number of aromatic amines is 1. The molecule has 2 fully saturated rings. The summed E-state index contributed by atoms with van der Waals surface area (Å²) in [6.07, 6.45) is 3.64. The number of carbonyl (C=O) groups excluding carboxylic acids is 1. The summed E-state index contributed by atoms with van der Waals surface area (Å²) in [5.41, 5.74) is 0.852. The zero-order chi connectivity index (χ0) is 19.8. The number of likely N-dealkylation sites (tertiary alicyclic amines) is 1. The lowest BCUT2D eigenvalue weighted by atomic mass is 9.84. The third-order valence-electron chi connectivity index (χ3n) is 6.40. The Hall–Kier alpha value is -2.45. The quantitative estimate of drug-likeness (QED) is 0.825. The number of benzene rings is 1. The van der Waals surface area contributed by atoms with Gasteiger partial charge in [0.1, 0.15) is 17.4 Å². The first-order valence-electron chi connectivity index (χ1n) is 10.2. The van der Waals surface area contributed by atoms with Crippen molar-refractivity contribution in [2.45, 2.75) is 18.9 Å². The first kappa shape index (κ1) is 18.6. The number of anilines is 1. The fourth-order valence-electron chi connectivity index (χ4n) is 4.97. The van der Waals surface area contributed by atoms with E-state index >= 15 is 0 Å². The lowest BCUT2D eigenvalue weighted by Gasteiger charge is -2.36. The Morgan fingerprint density at radius 3 is 2.97 bits per heavy atom. The highest BCUT2D eigenvalue weighted by molar-refractivity contribution is 5.92. The predicted octanol–water partition coefficient (Wildman–Crippen LogP) is 2.60. The van der Waals surface area contributed by atoms with Gasteiger partial charge >= 0.3 is 0 Å². The lowest BCUT2D eigenvalue weighted by molar-refractivity contribution is -0.121. The molecule has 8 heteroatoms. The molecular weight excluding hydrogens is 375 g/mol. The van der Waals surface area contributed by atoms with Crippen LogP contribution in [0.4, 0.5) is 10.2 Å². The van der Waals surface area contributed by atoms with E-state index in [1.807, 2.05) is 0 Å². The van der Waals surface area contributed by atoms with Crippen LogP contribution in [0.25, 0.3) is 0 Å². The number of carbonyl (C=O) groups is 1. The fraction of sp³-hybridized carbons (Fsp3) is 0.524. The molecule has 4 heterocycles. The molecule has 1 amide bonds. The van der Waals surface area contributed by atoms with E-state index in [1.165, 1.54) is 6.07 Å². The van der Waals surface area contributed by atoms with Gasteiger partial charge in [-0.05, 0) is 37.0 Å². The van der Waals surface area contributed by atoms with Crippen LogP contribution in [0.3, 0.4) is 0 Å². The smallest absolute Gasteiger partial charge is 0.230 e. The van der Waals surface area contributed by atoms with Crippen LogP contribution in [0.15, 0.2) is 30.5 Å². The molecule has 2 N–H and O–H groups in total. The number of amides is 1. The topological polar surface area (TPSA) is 79.5 Å². The van der Waals surface area contributed by atoms with Crippen LogP contribution in [0.5, 0.6) is 5.75 Å². The van der Waals surface area contributed by atoms with Gasteiger partial charge in [0.15, 0.2) is 0 Å². The number of hydrogen-bond donors (Lipinski definition) is 2. The molecule has 5 rings (SSSR count). The van der Waals surface area contributed by atoms with Gasteiger partial charge in [-0.2, -0.15) is 5.10 Å². The number of halogens is 1. The van der Waals surface area contributed by atoms with Crippen molar-refractivity contribution >= 4 is 11.7 Å². The third kappa shape index (κ3) is 3.62. The lowest BCUT2D eigenvalue weighted by Crippen LogP contribution is -2.36. The Bertz CT molecular complexity index is 869. The molecule has 0 unspecified atom stereocenters. The van der Waals surface area contributed by atoms with Gasteiger partial charge in [-0.25, -0.2) is 4.39 Å². The van der Waals surface area contributed by atoms with Gasteiger partial charge in [0.05, 0.1) is 18.7 Å².